The van der Waals surface area contributed by atoms with Gasteiger partial charge in [-0.25, -0.2) is 0 Å². The molecule has 0 aliphatic carbocycles. The zero-order valence-electron chi connectivity index (χ0n) is 11.4. The molecule has 18 heavy (non-hydrogen) atoms. The number of nitrogens with zero attached hydrogens (tertiary/aromatic N) is 1. The molecule has 0 bridgehead atoms. The monoisotopic (exact) mass is 246 g/mol. The number of nitrogens with one attached hydrogen (secondary N) is 1. The summed E-state index contributed by atoms with van der Waals surface area (Å²) in [5.74, 6) is 0.847. The molecule has 0 saturated carbocycles. The van der Waals surface area contributed by atoms with Crippen molar-refractivity contribution in [1.82, 2.24) is 5.32 Å². The van der Waals surface area contributed by atoms with Gasteiger partial charge in [-0.3, -0.25) is 4.79 Å². The van der Waals surface area contributed by atoms with Crippen LogP contribution in [0.1, 0.15) is 31.7 Å². The lowest BCUT2D eigenvalue weighted by Crippen LogP contribution is -2.34. The molecular formula is C15H22N2O. The van der Waals surface area contributed by atoms with Crippen molar-refractivity contribution in [1.29, 1.82) is 0 Å². The van der Waals surface area contributed by atoms with E-state index in [4.69, 9.17) is 0 Å². The van der Waals surface area contributed by atoms with Crippen molar-refractivity contribution in [3.05, 3.63) is 29.8 Å². The van der Waals surface area contributed by atoms with Gasteiger partial charge in [0.25, 0.3) is 0 Å². The Balaban J connectivity index is 2.14. The molecule has 1 aliphatic heterocycles. The van der Waals surface area contributed by atoms with Crippen LogP contribution in [0.15, 0.2) is 24.3 Å². The van der Waals surface area contributed by atoms with Gasteiger partial charge in [0.15, 0.2) is 0 Å². The molecule has 0 radical (unpaired) electrons. The van der Waals surface area contributed by atoms with Crippen LogP contribution in [-0.2, 0) is 4.79 Å². The van der Waals surface area contributed by atoms with Gasteiger partial charge in [0, 0.05) is 19.3 Å². The maximum absolute atomic E-state index is 12.3. The van der Waals surface area contributed by atoms with E-state index in [2.05, 4.69) is 31.3 Å². The fraction of sp³-hybridized carbons (Fsp3) is 0.533. The second-order valence-electron chi connectivity index (χ2n) is 5.34. The average Bonchev–Trinajstić information content (AvgIpc) is 2.91. The van der Waals surface area contributed by atoms with Crippen LogP contribution in [0, 0.1) is 5.92 Å². The van der Waals surface area contributed by atoms with Gasteiger partial charge in [-0.15, -0.1) is 0 Å². The Kier molecular flexibility index (Phi) is 4.02. The number of anilines is 1. The molecule has 0 aromatic heterocycles. The predicted octanol–water partition coefficient (Wildman–Crippen LogP) is 2.38. The summed E-state index contributed by atoms with van der Waals surface area (Å²) in [7, 11) is 1.88. The van der Waals surface area contributed by atoms with Gasteiger partial charge < -0.3 is 10.2 Å². The highest BCUT2D eigenvalue weighted by Gasteiger charge is 2.25. The maximum atomic E-state index is 12.3. The normalized spacial score (nSPS) is 19.2. The number of carbonyl (C=O) groups excluding carboxylic acids is 1. The van der Waals surface area contributed by atoms with E-state index < -0.39 is 0 Å². The van der Waals surface area contributed by atoms with Crippen molar-refractivity contribution in [3.8, 4) is 0 Å². The van der Waals surface area contributed by atoms with Crippen LogP contribution in [0.4, 0.5) is 5.69 Å². The molecule has 98 valence electrons. The van der Waals surface area contributed by atoms with Crippen molar-refractivity contribution in [2.45, 2.75) is 26.2 Å². The predicted molar refractivity (Wildman–Crippen MR) is 74.9 cm³/mol. The second-order valence-corrected chi connectivity index (χ2v) is 5.34. The van der Waals surface area contributed by atoms with Crippen molar-refractivity contribution in [3.63, 3.8) is 0 Å². The molecule has 0 spiro atoms. The summed E-state index contributed by atoms with van der Waals surface area (Å²) < 4.78 is 0. The Morgan fingerprint density at radius 2 is 2.22 bits per heavy atom. The summed E-state index contributed by atoms with van der Waals surface area (Å²) in [6, 6.07) is 8.27. The van der Waals surface area contributed by atoms with E-state index in [9.17, 15) is 4.79 Å². The molecule has 3 nitrogen and oxygen atoms in total. The number of hydrogen-bond acceptors (Lipinski definition) is 2. The lowest BCUT2D eigenvalue weighted by Gasteiger charge is -2.21. The van der Waals surface area contributed by atoms with Gasteiger partial charge in [-0.1, -0.05) is 26.0 Å². The van der Waals surface area contributed by atoms with E-state index in [0.29, 0.717) is 5.92 Å². The number of carbonyl (C=O) groups is 1. The summed E-state index contributed by atoms with van der Waals surface area (Å²) in [6.45, 7) is 6.10. The smallest absolute Gasteiger partial charge is 0.231 e. The average molecular weight is 246 g/mol. The quantitative estimate of drug-likeness (QED) is 0.888. The first-order chi connectivity index (χ1) is 8.59. The summed E-state index contributed by atoms with van der Waals surface area (Å²) >= 11 is 0. The first-order valence-electron chi connectivity index (χ1n) is 6.68. The standard InChI is InChI=1S/C15H22N2O/c1-11(2)12-5-4-6-14(9-12)17(3)15(18)13-7-8-16-10-13/h4-6,9,11,13,16H,7-8,10H2,1-3H3. The van der Waals surface area contributed by atoms with Gasteiger partial charge >= 0.3 is 0 Å². The Labute approximate surface area is 109 Å². The van der Waals surface area contributed by atoms with Crippen LogP contribution in [0.5, 0.6) is 0 Å². The number of benzene rings is 1. The molecule has 1 unspecified atom stereocenters. The lowest BCUT2D eigenvalue weighted by molar-refractivity contribution is -0.121. The number of hydrogen-bond donors (Lipinski definition) is 1. The van der Waals surface area contributed by atoms with E-state index in [1.54, 1.807) is 4.90 Å². The van der Waals surface area contributed by atoms with Crippen molar-refractivity contribution in [2.75, 3.05) is 25.0 Å². The fourth-order valence-corrected chi connectivity index (χ4v) is 2.36. The molecular weight excluding hydrogens is 224 g/mol. The zero-order chi connectivity index (χ0) is 13.1. The molecule has 1 fully saturated rings. The minimum absolute atomic E-state index is 0.137. The van der Waals surface area contributed by atoms with E-state index in [1.807, 2.05) is 19.2 Å². The van der Waals surface area contributed by atoms with Crippen LogP contribution >= 0.6 is 0 Å². The summed E-state index contributed by atoms with van der Waals surface area (Å²) in [5.41, 5.74) is 2.27. The van der Waals surface area contributed by atoms with Gasteiger partial charge in [0.05, 0.1) is 5.92 Å². The Bertz CT molecular complexity index is 422. The second kappa shape index (κ2) is 5.53. The summed E-state index contributed by atoms with van der Waals surface area (Å²) in [5, 5.41) is 3.24. The van der Waals surface area contributed by atoms with Crippen molar-refractivity contribution in [2.24, 2.45) is 5.92 Å². The van der Waals surface area contributed by atoms with Gasteiger partial charge in [0.2, 0.25) is 5.91 Å². The number of rotatable bonds is 3. The van der Waals surface area contributed by atoms with Crippen LogP contribution in [0.3, 0.4) is 0 Å². The van der Waals surface area contributed by atoms with E-state index >= 15 is 0 Å². The third-order valence-corrected chi connectivity index (χ3v) is 3.66. The van der Waals surface area contributed by atoms with Gasteiger partial charge in [-0.05, 0) is 36.6 Å². The molecule has 1 heterocycles. The van der Waals surface area contributed by atoms with E-state index in [-0.39, 0.29) is 11.8 Å². The van der Waals surface area contributed by atoms with Gasteiger partial charge in [0.1, 0.15) is 0 Å². The topological polar surface area (TPSA) is 32.3 Å². The largest absolute Gasteiger partial charge is 0.316 e. The molecule has 1 aliphatic rings. The molecule has 1 amide bonds. The van der Waals surface area contributed by atoms with Crippen LogP contribution in [0.2, 0.25) is 0 Å². The fourth-order valence-electron chi connectivity index (χ4n) is 2.36. The van der Waals surface area contributed by atoms with Crippen LogP contribution in [0.25, 0.3) is 0 Å². The Morgan fingerprint density at radius 1 is 1.44 bits per heavy atom. The highest BCUT2D eigenvalue weighted by atomic mass is 16.2. The molecule has 1 aromatic rings. The minimum Gasteiger partial charge on any atom is -0.316 e. The first-order valence-corrected chi connectivity index (χ1v) is 6.68. The van der Waals surface area contributed by atoms with Crippen molar-refractivity contribution < 1.29 is 4.79 Å². The summed E-state index contributed by atoms with van der Waals surface area (Å²) in [4.78, 5) is 14.1. The molecule has 2 rings (SSSR count). The van der Waals surface area contributed by atoms with Crippen LogP contribution < -0.4 is 10.2 Å². The van der Waals surface area contributed by atoms with Crippen molar-refractivity contribution >= 4 is 11.6 Å². The maximum Gasteiger partial charge on any atom is 0.231 e. The molecule has 3 heteroatoms. The highest BCUT2D eigenvalue weighted by Crippen LogP contribution is 2.23. The lowest BCUT2D eigenvalue weighted by atomic mass is 10.0. The SMILES string of the molecule is CC(C)c1cccc(N(C)C(=O)C2CCNC2)c1. The zero-order valence-corrected chi connectivity index (χ0v) is 11.4. The third kappa shape index (κ3) is 2.72. The molecule has 1 atom stereocenters. The Hall–Kier alpha value is -1.35. The third-order valence-electron chi connectivity index (χ3n) is 3.66. The molecule has 1 saturated heterocycles. The van der Waals surface area contributed by atoms with E-state index in [0.717, 1.165) is 25.2 Å². The van der Waals surface area contributed by atoms with Crippen LogP contribution in [-0.4, -0.2) is 26.0 Å². The van der Waals surface area contributed by atoms with Gasteiger partial charge in [-0.2, -0.15) is 0 Å². The Morgan fingerprint density at radius 3 is 2.83 bits per heavy atom. The first kappa shape index (κ1) is 13.1. The molecule has 1 N–H and O–H groups in total. The minimum atomic E-state index is 0.137. The number of amides is 1. The van der Waals surface area contributed by atoms with E-state index in [1.165, 1.54) is 5.56 Å². The highest BCUT2D eigenvalue weighted by molar-refractivity contribution is 5.94. The summed E-state index contributed by atoms with van der Waals surface area (Å²) in [6.07, 6.45) is 0.951. The molecule has 1 aromatic carbocycles.